The van der Waals surface area contributed by atoms with E-state index in [1.165, 1.54) is 67.6 Å². The highest BCUT2D eigenvalue weighted by Crippen LogP contribution is 2.41. The van der Waals surface area contributed by atoms with E-state index < -0.39 is 54.0 Å². The van der Waals surface area contributed by atoms with Crippen LogP contribution in [0, 0.1) is 20.2 Å². The standard InChI is InChI=1S/C26H22ClN3O9S/c1-2-39-26(32)25-22(17-6-4-8-20(14-17)30(35)36)28-21(16-5-3-7-19(13-16)29(33)34)24(40(25,37)38)23(31)15-9-11-18(27)12-10-15/h3-14,21-22,24-25,28H,2H2,1H3. The van der Waals surface area contributed by atoms with Crippen molar-refractivity contribution in [3.63, 3.8) is 0 Å². The van der Waals surface area contributed by atoms with Gasteiger partial charge in [-0.05, 0) is 42.3 Å². The fourth-order valence-corrected chi connectivity index (χ4v) is 7.13. The Hall–Kier alpha value is -4.20. The number of carbonyl (C=O) groups excluding carboxylic acids is 2. The lowest BCUT2D eigenvalue weighted by Crippen LogP contribution is -2.59. The van der Waals surface area contributed by atoms with E-state index in [4.69, 9.17) is 16.3 Å². The minimum atomic E-state index is -4.76. The molecule has 208 valence electrons. The first-order valence-electron chi connectivity index (χ1n) is 11.9. The molecule has 0 spiro atoms. The maximum atomic E-state index is 14.3. The number of non-ortho nitro benzene ring substituents is 2. The number of nitro benzene ring substituents is 2. The van der Waals surface area contributed by atoms with Crippen LogP contribution in [-0.4, -0.2) is 47.1 Å². The van der Waals surface area contributed by atoms with Gasteiger partial charge in [0.15, 0.2) is 20.9 Å². The first-order valence-corrected chi connectivity index (χ1v) is 13.9. The molecule has 1 heterocycles. The van der Waals surface area contributed by atoms with Crippen LogP contribution in [0.25, 0.3) is 0 Å². The first-order chi connectivity index (χ1) is 18.9. The van der Waals surface area contributed by atoms with Crippen molar-refractivity contribution in [1.29, 1.82) is 0 Å². The van der Waals surface area contributed by atoms with Crippen molar-refractivity contribution in [2.45, 2.75) is 29.5 Å². The molecule has 1 aliphatic rings. The van der Waals surface area contributed by atoms with Gasteiger partial charge >= 0.3 is 5.97 Å². The van der Waals surface area contributed by atoms with Crippen molar-refractivity contribution in [1.82, 2.24) is 5.32 Å². The zero-order valence-electron chi connectivity index (χ0n) is 20.8. The third-order valence-corrected chi connectivity index (χ3v) is 9.08. The number of nitrogens with zero attached hydrogens (tertiary/aromatic N) is 2. The van der Waals surface area contributed by atoms with Crippen molar-refractivity contribution in [2.24, 2.45) is 0 Å². The molecule has 0 radical (unpaired) electrons. The second-order valence-corrected chi connectivity index (χ2v) is 11.5. The van der Waals surface area contributed by atoms with Crippen LogP contribution < -0.4 is 5.32 Å². The smallest absolute Gasteiger partial charge is 0.326 e. The minimum absolute atomic E-state index is 0.0217. The van der Waals surface area contributed by atoms with Gasteiger partial charge in [0.05, 0.1) is 28.5 Å². The maximum absolute atomic E-state index is 14.3. The van der Waals surface area contributed by atoms with E-state index in [0.717, 1.165) is 12.1 Å². The molecular weight excluding hydrogens is 566 g/mol. The lowest BCUT2D eigenvalue weighted by Gasteiger charge is -2.41. The molecule has 3 aromatic rings. The minimum Gasteiger partial charge on any atom is -0.465 e. The van der Waals surface area contributed by atoms with Crippen LogP contribution >= 0.6 is 11.6 Å². The van der Waals surface area contributed by atoms with Crippen molar-refractivity contribution < 1.29 is 32.6 Å². The van der Waals surface area contributed by atoms with Crippen LogP contribution in [0.1, 0.15) is 40.5 Å². The number of carbonyl (C=O) groups is 2. The van der Waals surface area contributed by atoms with Crippen molar-refractivity contribution in [3.8, 4) is 0 Å². The van der Waals surface area contributed by atoms with E-state index in [1.807, 2.05) is 0 Å². The van der Waals surface area contributed by atoms with Crippen molar-refractivity contribution in [3.05, 3.63) is 115 Å². The van der Waals surface area contributed by atoms with Crippen molar-refractivity contribution >= 4 is 44.6 Å². The number of nitrogens with one attached hydrogen (secondary N) is 1. The molecule has 4 unspecified atom stereocenters. The number of esters is 1. The summed E-state index contributed by atoms with van der Waals surface area (Å²) in [5, 5.41) is 22.4. The predicted molar refractivity (Wildman–Crippen MR) is 144 cm³/mol. The van der Waals surface area contributed by atoms with E-state index >= 15 is 0 Å². The second kappa shape index (κ2) is 11.5. The molecule has 12 nitrogen and oxygen atoms in total. The third-order valence-electron chi connectivity index (χ3n) is 6.46. The van der Waals surface area contributed by atoms with Crippen LogP contribution in [0.15, 0.2) is 72.8 Å². The topological polar surface area (TPSA) is 176 Å². The highest BCUT2D eigenvalue weighted by Gasteiger charge is 2.56. The predicted octanol–water partition coefficient (Wildman–Crippen LogP) is 4.14. The zero-order chi connectivity index (χ0) is 29.2. The molecule has 4 rings (SSSR count). The number of hydrogen-bond acceptors (Lipinski definition) is 10. The number of hydrogen-bond donors (Lipinski definition) is 1. The average molecular weight is 588 g/mol. The average Bonchev–Trinajstić information content (AvgIpc) is 2.92. The number of nitro groups is 2. The summed E-state index contributed by atoms with van der Waals surface area (Å²) in [6.45, 7) is 1.31. The maximum Gasteiger partial charge on any atom is 0.326 e. The Balaban J connectivity index is 1.96. The lowest BCUT2D eigenvalue weighted by atomic mass is 9.93. The highest BCUT2D eigenvalue weighted by atomic mass is 35.5. The van der Waals surface area contributed by atoms with Gasteiger partial charge in [-0.15, -0.1) is 0 Å². The molecule has 1 saturated heterocycles. The molecule has 40 heavy (non-hydrogen) atoms. The molecular formula is C26H22ClN3O9S. The molecule has 0 bridgehead atoms. The molecule has 1 N–H and O–H groups in total. The summed E-state index contributed by atoms with van der Waals surface area (Å²) < 4.78 is 33.6. The van der Waals surface area contributed by atoms with E-state index in [-0.39, 0.29) is 34.7 Å². The van der Waals surface area contributed by atoms with E-state index in [2.05, 4.69) is 5.32 Å². The highest BCUT2D eigenvalue weighted by molar-refractivity contribution is 7.94. The Labute approximate surface area is 233 Å². The van der Waals surface area contributed by atoms with Crippen LogP contribution in [0.2, 0.25) is 5.02 Å². The van der Waals surface area contributed by atoms with Gasteiger partial charge in [0.25, 0.3) is 11.4 Å². The van der Waals surface area contributed by atoms with Gasteiger partial charge < -0.3 is 4.74 Å². The summed E-state index contributed by atoms with van der Waals surface area (Å²) in [5.41, 5.74) is -0.572. The number of ketones is 1. The van der Waals surface area contributed by atoms with Gasteiger partial charge in [0.2, 0.25) is 0 Å². The van der Waals surface area contributed by atoms with E-state index in [1.54, 1.807) is 0 Å². The van der Waals surface area contributed by atoms with Gasteiger partial charge in [0.1, 0.15) is 5.25 Å². The Morgan fingerprint density at radius 3 is 1.85 bits per heavy atom. The van der Waals surface area contributed by atoms with Crippen LogP contribution in [-0.2, 0) is 19.4 Å². The number of ether oxygens (including phenoxy) is 1. The Bertz CT molecular complexity index is 1590. The lowest BCUT2D eigenvalue weighted by molar-refractivity contribution is -0.385. The molecule has 3 aromatic carbocycles. The largest absolute Gasteiger partial charge is 0.465 e. The summed E-state index contributed by atoms with van der Waals surface area (Å²) in [6.07, 6.45) is 0. The van der Waals surface area contributed by atoms with Gasteiger partial charge in [0, 0.05) is 34.9 Å². The number of sulfone groups is 1. The Morgan fingerprint density at radius 2 is 1.38 bits per heavy atom. The summed E-state index contributed by atoms with van der Waals surface area (Å²) in [7, 11) is -4.76. The number of rotatable bonds is 8. The first kappa shape index (κ1) is 28.8. The van der Waals surface area contributed by atoms with Crippen LogP contribution in [0.5, 0.6) is 0 Å². The number of halogens is 1. The molecule has 1 fully saturated rings. The van der Waals surface area contributed by atoms with Gasteiger partial charge in [-0.25, -0.2) is 8.42 Å². The fraction of sp³-hybridized carbons (Fsp3) is 0.231. The van der Waals surface area contributed by atoms with Gasteiger partial charge in [-0.3, -0.25) is 35.1 Å². The summed E-state index contributed by atoms with van der Waals surface area (Å²) in [6, 6.07) is 12.8. The number of benzene rings is 3. The molecule has 14 heteroatoms. The summed E-state index contributed by atoms with van der Waals surface area (Å²) >= 11 is 5.94. The quantitative estimate of drug-likeness (QED) is 0.174. The summed E-state index contributed by atoms with van der Waals surface area (Å²) in [5.74, 6) is -2.04. The zero-order valence-corrected chi connectivity index (χ0v) is 22.4. The monoisotopic (exact) mass is 587 g/mol. The molecule has 0 aliphatic carbocycles. The van der Waals surface area contributed by atoms with E-state index in [0.29, 0.717) is 5.02 Å². The van der Waals surface area contributed by atoms with Gasteiger partial charge in [-0.1, -0.05) is 35.9 Å². The molecule has 0 aromatic heterocycles. The second-order valence-electron chi connectivity index (χ2n) is 8.88. The molecule has 0 amide bonds. The third kappa shape index (κ3) is 5.57. The fourth-order valence-electron chi connectivity index (χ4n) is 4.68. The van der Waals surface area contributed by atoms with E-state index in [9.17, 15) is 38.2 Å². The molecule has 0 saturated carbocycles. The molecule has 1 aliphatic heterocycles. The summed E-state index contributed by atoms with van der Waals surface area (Å²) in [4.78, 5) is 48.6. The normalized spacial score (nSPS) is 21.8. The Morgan fingerprint density at radius 1 is 0.875 bits per heavy atom. The Kier molecular flexibility index (Phi) is 8.28. The number of Topliss-reactive ketones (excluding diaryl/α,β-unsaturated/α-hetero) is 1. The van der Waals surface area contributed by atoms with Gasteiger partial charge in [-0.2, -0.15) is 0 Å². The molecule has 4 atom stereocenters. The van der Waals surface area contributed by atoms with Crippen LogP contribution in [0.3, 0.4) is 0 Å². The van der Waals surface area contributed by atoms with Crippen molar-refractivity contribution in [2.75, 3.05) is 6.61 Å². The SMILES string of the molecule is CCOC(=O)C1C(c2cccc([N+](=O)[O-])c2)NC(c2cccc([N+](=O)[O-])c2)C(C(=O)c2ccc(Cl)cc2)S1(=O)=O. The van der Waals surface area contributed by atoms with Crippen LogP contribution in [0.4, 0.5) is 11.4 Å².